The van der Waals surface area contributed by atoms with Gasteiger partial charge in [0.1, 0.15) is 0 Å². The number of hydrogen-bond donors (Lipinski definition) is 4. The van der Waals surface area contributed by atoms with Crippen LogP contribution in [-0.2, 0) is 0 Å². The van der Waals surface area contributed by atoms with E-state index < -0.39 is 57.3 Å². The molecule has 12 nitrogen and oxygen atoms in total. The molecule has 44 heavy (non-hydrogen) atoms. The van der Waals surface area contributed by atoms with Crippen LogP contribution in [0.4, 0.5) is 0 Å². The smallest absolute Gasteiger partial charge is 0.234 e. The summed E-state index contributed by atoms with van der Waals surface area (Å²) in [5.41, 5.74) is -1.81. The van der Waals surface area contributed by atoms with Gasteiger partial charge in [0.25, 0.3) is 0 Å². The van der Waals surface area contributed by atoms with Crippen LogP contribution in [0.2, 0.25) is 0 Å². The first-order chi connectivity index (χ1) is 20.9. The number of Topliss-reactive ketones (excluding diaryl/α,β-unsaturated/α-hetero) is 4. The van der Waals surface area contributed by atoms with Crippen molar-refractivity contribution in [2.45, 2.75) is 0 Å². The lowest BCUT2D eigenvalue weighted by atomic mass is 9.87. The van der Waals surface area contributed by atoms with Crippen molar-refractivity contribution < 1.29 is 58.6 Å². The maximum absolute atomic E-state index is 13.6. The zero-order valence-electron chi connectivity index (χ0n) is 23.8. The molecule has 0 fully saturated rings. The standard InChI is InChI=1S/C32H26O12/c1-41-25-7-5-15(9-27(25)43-3)29(37)31(39)19-13-23(35)21(33)11-17(19)18-12-22(34)24(36)14-20(18)32(40)30(38)16-6-8-26(42-2)28(10-16)44-4/h5-14,33-36H,1-4H3. The average molecular weight is 603 g/mol. The van der Waals surface area contributed by atoms with E-state index in [1.807, 2.05) is 0 Å². The van der Waals surface area contributed by atoms with Crippen molar-refractivity contribution in [1.29, 1.82) is 0 Å². The number of carbonyl (C=O) groups excluding carboxylic acids is 4. The number of carbonyl (C=O) groups is 4. The molecule has 4 aromatic rings. The summed E-state index contributed by atoms with van der Waals surface area (Å²) in [4.78, 5) is 53.8. The zero-order chi connectivity index (χ0) is 32.3. The van der Waals surface area contributed by atoms with Crippen LogP contribution in [0.25, 0.3) is 11.1 Å². The van der Waals surface area contributed by atoms with E-state index in [0.29, 0.717) is 11.5 Å². The third-order valence-electron chi connectivity index (χ3n) is 6.71. The van der Waals surface area contributed by atoms with Gasteiger partial charge in [0, 0.05) is 22.3 Å². The summed E-state index contributed by atoms with van der Waals surface area (Å²) >= 11 is 0. The molecule has 0 unspecified atom stereocenters. The van der Waals surface area contributed by atoms with Gasteiger partial charge in [-0.1, -0.05) is 0 Å². The van der Waals surface area contributed by atoms with E-state index in [-0.39, 0.29) is 33.8 Å². The molecule has 0 aliphatic carbocycles. The highest BCUT2D eigenvalue weighted by atomic mass is 16.5. The van der Waals surface area contributed by atoms with Crippen LogP contribution in [0.15, 0.2) is 60.7 Å². The lowest BCUT2D eigenvalue weighted by Crippen LogP contribution is -2.18. The number of phenolic OH excluding ortho intramolecular Hbond substituents is 4. The molecular formula is C32H26O12. The molecule has 0 saturated heterocycles. The largest absolute Gasteiger partial charge is 0.504 e. The molecule has 0 amide bonds. The maximum atomic E-state index is 13.6. The molecule has 0 bridgehead atoms. The van der Waals surface area contributed by atoms with Gasteiger partial charge >= 0.3 is 0 Å². The first kappa shape index (κ1) is 30.9. The fourth-order valence-electron chi connectivity index (χ4n) is 4.44. The second-order valence-electron chi connectivity index (χ2n) is 9.23. The molecule has 226 valence electrons. The van der Waals surface area contributed by atoms with Crippen molar-refractivity contribution in [3.8, 4) is 57.1 Å². The molecule has 0 saturated carbocycles. The van der Waals surface area contributed by atoms with Gasteiger partial charge in [0.15, 0.2) is 46.0 Å². The fourth-order valence-corrected chi connectivity index (χ4v) is 4.44. The minimum absolute atomic E-state index is 0.111. The highest BCUT2D eigenvalue weighted by Crippen LogP contribution is 2.41. The number of aromatic hydroxyl groups is 4. The van der Waals surface area contributed by atoms with Gasteiger partial charge < -0.3 is 39.4 Å². The van der Waals surface area contributed by atoms with Gasteiger partial charge in [-0.25, -0.2) is 0 Å². The Hall–Kier alpha value is -6.04. The summed E-state index contributed by atoms with van der Waals surface area (Å²) in [5, 5.41) is 41.2. The van der Waals surface area contributed by atoms with Gasteiger partial charge in [-0.15, -0.1) is 0 Å². The Labute approximate surface area is 250 Å². The van der Waals surface area contributed by atoms with Crippen molar-refractivity contribution in [1.82, 2.24) is 0 Å². The lowest BCUT2D eigenvalue weighted by Gasteiger charge is -2.16. The molecule has 0 spiro atoms. The Kier molecular flexibility index (Phi) is 8.75. The molecule has 4 aromatic carbocycles. The number of ether oxygens (including phenoxy) is 4. The number of hydrogen-bond acceptors (Lipinski definition) is 12. The molecule has 12 heteroatoms. The Morgan fingerprint density at radius 3 is 1.07 bits per heavy atom. The molecule has 0 heterocycles. The molecule has 4 N–H and O–H groups in total. The molecule has 4 rings (SSSR count). The van der Waals surface area contributed by atoms with Crippen LogP contribution >= 0.6 is 0 Å². The summed E-state index contributed by atoms with van der Waals surface area (Å²) in [7, 11) is 5.45. The quantitative estimate of drug-likeness (QED) is 0.108. The van der Waals surface area contributed by atoms with E-state index >= 15 is 0 Å². The molecule has 0 radical (unpaired) electrons. The summed E-state index contributed by atoms with van der Waals surface area (Å²) in [6.45, 7) is 0. The predicted molar refractivity (Wildman–Crippen MR) is 155 cm³/mol. The first-order valence-corrected chi connectivity index (χ1v) is 12.7. The van der Waals surface area contributed by atoms with Gasteiger partial charge in [-0.05, 0) is 71.8 Å². The SMILES string of the molecule is COc1ccc(C(=O)C(=O)c2cc(O)c(O)cc2-c2cc(O)c(O)cc2C(=O)C(=O)c2ccc(OC)c(OC)c2)cc1OC. The van der Waals surface area contributed by atoms with Crippen LogP contribution in [0.1, 0.15) is 41.4 Å². The Balaban J connectivity index is 1.87. The van der Waals surface area contributed by atoms with Gasteiger partial charge in [0.05, 0.1) is 28.4 Å². The topological polar surface area (TPSA) is 186 Å². The van der Waals surface area contributed by atoms with E-state index in [9.17, 15) is 39.6 Å². The molecular weight excluding hydrogens is 576 g/mol. The fraction of sp³-hybridized carbons (Fsp3) is 0.125. The third-order valence-corrected chi connectivity index (χ3v) is 6.71. The number of ketones is 4. The Morgan fingerprint density at radius 1 is 0.432 bits per heavy atom. The minimum atomic E-state index is -1.18. The average Bonchev–Trinajstić information content (AvgIpc) is 3.04. The van der Waals surface area contributed by atoms with Crippen LogP contribution in [-0.4, -0.2) is 72.0 Å². The normalized spacial score (nSPS) is 10.5. The van der Waals surface area contributed by atoms with E-state index in [0.717, 1.165) is 24.3 Å². The van der Waals surface area contributed by atoms with Crippen molar-refractivity contribution in [2.75, 3.05) is 28.4 Å². The molecule has 0 aliphatic rings. The number of methoxy groups -OCH3 is 4. The van der Waals surface area contributed by atoms with Gasteiger partial charge in [-0.3, -0.25) is 19.2 Å². The van der Waals surface area contributed by atoms with Crippen molar-refractivity contribution in [3.05, 3.63) is 82.9 Å². The first-order valence-electron chi connectivity index (χ1n) is 12.7. The molecule has 0 aliphatic heterocycles. The third kappa shape index (κ3) is 5.68. The Bertz CT molecular complexity index is 1690. The van der Waals surface area contributed by atoms with E-state index in [4.69, 9.17) is 18.9 Å². The second kappa shape index (κ2) is 12.4. The minimum Gasteiger partial charge on any atom is -0.504 e. The summed E-state index contributed by atoms with van der Waals surface area (Å²) in [6.07, 6.45) is 0. The molecule has 0 atom stereocenters. The van der Waals surface area contributed by atoms with Gasteiger partial charge in [0.2, 0.25) is 23.1 Å². The number of benzene rings is 4. The second-order valence-corrected chi connectivity index (χ2v) is 9.23. The van der Waals surface area contributed by atoms with Crippen molar-refractivity contribution in [3.63, 3.8) is 0 Å². The predicted octanol–water partition coefficient (Wildman–Crippen LogP) is 4.34. The monoisotopic (exact) mass is 602 g/mol. The summed E-state index contributed by atoms with van der Waals surface area (Å²) in [5.74, 6) is -6.61. The number of rotatable bonds is 11. The van der Waals surface area contributed by atoms with Crippen LogP contribution in [0, 0.1) is 0 Å². The van der Waals surface area contributed by atoms with Crippen molar-refractivity contribution in [2.24, 2.45) is 0 Å². The van der Waals surface area contributed by atoms with Crippen LogP contribution in [0.5, 0.6) is 46.0 Å². The summed E-state index contributed by atoms with van der Waals surface area (Å²) in [6, 6.07) is 11.3. The van der Waals surface area contributed by atoms with E-state index in [1.165, 1.54) is 64.8 Å². The highest BCUT2D eigenvalue weighted by molar-refractivity contribution is 6.52. The number of phenols is 4. The molecule has 0 aromatic heterocycles. The highest BCUT2D eigenvalue weighted by Gasteiger charge is 2.30. The summed E-state index contributed by atoms with van der Waals surface area (Å²) < 4.78 is 20.7. The lowest BCUT2D eigenvalue weighted by molar-refractivity contribution is 0.0815. The van der Waals surface area contributed by atoms with Crippen LogP contribution in [0.3, 0.4) is 0 Å². The zero-order valence-corrected chi connectivity index (χ0v) is 23.8. The van der Waals surface area contributed by atoms with Crippen molar-refractivity contribution >= 4 is 23.1 Å². The van der Waals surface area contributed by atoms with Gasteiger partial charge in [-0.2, -0.15) is 0 Å². The maximum Gasteiger partial charge on any atom is 0.234 e. The van der Waals surface area contributed by atoms with E-state index in [2.05, 4.69) is 0 Å². The van der Waals surface area contributed by atoms with E-state index in [1.54, 1.807) is 0 Å². The van der Waals surface area contributed by atoms with Crippen LogP contribution < -0.4 is 18.9 Å². The Morgan fingerprint density at radius 2 is 0.750 bits per heavy atom.